The summed E-state index contributed by atoms with van der Waals surface area (Å²) in [6.07, 6.45) is -1.31. The number of aliphatic hydroxyl groups is 1. The molecule has 3 atom stereocenters. The zero-order chi connectivity index (χ0) is 19.5. The molecule has 1 aromatic rings. The van der Waals surface area contributed by atoms with Crippen LogP contribution in [0.1, 0.15) is 17.8 Å². The minimum Gasteiger partial charge on any atom is -0.502 e. The van der Waals surface area contributed by atoms with E-state index in [-0.39, 0.29) is 0 Å². The van der Waals surface area contributed by atoms with Crippen LogP contribution < -0.4 is 5.73 Å². The largest absolute Gasteiger partial charge is 0.502 e. The zero-order valence-electron chi connectivity index (χ0n) is 12.4. The van der Waals surface area contributed by atoms with Crippen molar-refractivity contribution in [3.05, 3.63) is 37.9 Å². The summed E-state index contributed by atoms with van der Waals surface area (Å²) < 4.78 is 12.2. The van der Waals surface area contributed by atoms with E-state index in [9.17, 15) is 44.7 Å². The van der Waals surface area contributed by atoms with Crippen molar-refractivity contribution in [1.82, 2.24) is 0 Å². The molecule has 1 aromatic carbocycles. The van der Waals surface area contributed by atoms with Crippen molar-refractivity contribution in [2.24, 2.45) is 5.73 Å². The molecular weight excluding hydrogens is 365 g/mol. The van der Waals surface area contributed by atoms with E-state index < -0.39 is 70.3 Å². The maximum Gasteiger partial charge on any atom is 0.320 e. The molecule has 2 unspecified atom stereocenters. The van der Waals surface area contributed by atoms with E-state index in [1.165, 1.54) is 0 Å². The number of nitrogens with zero attached hydrogens (tertiary/aromatic N) is 2. The predicted molar refractivity (Wildman–Crippen MR) is 81.3 cm³/mol. The molecule has 0 spiro atoms. The van der Waals surface area contributed by atoms with E-state index in [0.717, 1.165) is 0 Å². The van der Waals surface area contributed by atoms with Gasteiger partial charge in [0.15, 0.2) is 5.85 Å². The third-order valence-electron chi connectivity index (χ3n) is 3.25. The second-order valence-electron chi connectivity index (χ2n) is 5.00. The Morgan fingerprint density at radius 3 is 2.28 bits per heavy atom. The van der Waals surface area contributed by atoms with Gasteiger partial charge in [-0.3, -0.25) is 29.6 Å². The van der Waals surface area contributed by atoms with Crippen LogP contribution in [0.2, 0.25) is 0 Å². The minimum atomic E-state index is -4.62. The second kappa shape index (κ2) is 7.53. The van der Waals surface area contributed by atoms with Gasteiger partial charge in [0, 0.05) is 17.8 Å². The number of aliphatic carboxylic acids is 1. The Morgan fingerprint density at radius 1 is 1.28 bits per heavy atom. The molecule has 14 heteroatoms. The van der Waals surface area contributed by atoms with Crippen LogP contribution in [0.4, 0.5) is 11.4 Å². The Bertz CT molecular complexity index is 767. The molecule has 6 N–H and O–H groups in total. The summed E-state index contributed by atoms with van der Waals surface area (Å²) in [4.78, 5) is 39.9. The fraction of sp³-hybridized carbons (Fsp3) is 0.364. The number of hydrogen-bond acceptors (Lipinski definition) is 9. The molecule has 0 saturated heterocycles. The number of rotatable bonds is 8. The van der Waals surface area contributed by atoms with Gasteiger partial charge in [-0.25, -0.2) is 0 Å². The molecule has 13 nitrogen and oxygen atoms in total. The first-order valence-corrected chi connectivity index (χ1v) is 8.43. The summed E-state index contributed by atoms with van der Waals surface area (Å²) in [6.45, 7) is 0. The highest BCUT2D eigenvalue weighted by Gasteiger charge is 2.37. The molecule has 0 heterocycles. The van der Waals surface area contributed by atoms with Crippen LogP contribution in [0, 0.1) is 20.2 Å². The van der Waals surface area contributed by atoms with Gasteiger partial charge in [-0.2, -0.15) is 0 Å². The van der Waals surface area contributed by atoms with Gasteiger partial charge >= 0.3 is 11.7 Å². The maximum atomic E-state index is 12.2. The Kier molecular flexibility index (Phi) is 6.15. The third kappa shape index (κ3) is 4.70. The number of benzene rings is 1. The molecule has 0 aliphatic carbocycles. The van der Waals surface area contributed by atoms with Crippen LogP contribution in [0.3, 0.4) is 0 Å². The summed E-state index contributed by atoms with van der Waals surface area (Å²) in [7, 11) is -4.62. The molecule has 138 valence electrons. The highest BCUT2D eigenvalue weighted by molar-refractivity contribution is 7.58. The van der Waals surface area contributed by atoms with Crippen LogP contribution in [-0.4, -0.2) is 48.2 Å². The fourth-order valence-corrected chi connectivity index (χ4v) is 3.38. The quantitative estimate of drug-likeness (QED) is 0.234. The van der Waals surface area contributed by atoms with Crippen LogP contribution in [0.15, 0.2) is 12.1 Å². The number of carbonyl (C=O) groups is 1. The lowest BCUT2D eigenvalue weighted by atomic mass is 10.1. The highest BCUT2D eigenvalue weighted by Crippen LogP contribution is 2.57. The number of phenols is 1. The number of carboxylic acid groups (broad SMARTS) is 1. The lowest BCUT2D eigenvalue weighted by Crippen LogP contribution is -2.31. The first-order chi connectivity index (χ1) is 11.4. The molecule has 0 radical (unpaired) electrons. The molecule has 0 aliphatic rings. The zero-order valence-corrected chi connectivity index (χ0v) is 13.3. The van der Waals surface area contributed by atoms with Crippen LogP contribution in [0.5, 0.6) is 5.75 Å². The topological polar surface area (TPSA) is 227 Å². The number of aliphatic hydroxyl groups excluding tert-OH is 1. The van der Waals surface area contributed by atoms with E-state index in [1.54, 1.807) is 0 Å². The smallest absolute Gasteiger partial charge is 0.320 e. The van der Waals surface area contributed by atoms with Gasteiger partial charge in [-0.1, -0.05) is 0 Å². The number of nitrogens with two attached hydrogens (primary N) is 1. The molecule has 0 amide bonds. The second-order valence-corrected chi connectivity index (χ2v) is 7.45. The lowest BCUT2D eigenvalue weighted by molar-refractivity contribution is -0.394. The summed E-state index contributed by atoms with van der Waals surface area (Å²) in [5.41, 5.74) is 2.26. The van der Waals surface area contributed by atoms with Crippen molar-refractivity contribution < 1.29 is 39.4 Å². The molecule has 0 saturated carbocycles. The van der Waals surface area contributed by atoms with Crippen molar-refractivity contribution in [3.8, 4) is 5.75 Å². The van der Waals surface area contributed by atoms with E-state index in [2.05, 4.69) is 0 Å². The molecule has 0 aromatic heterocycles. The first-order valence-electron chi connectivity index (χ1n) is 6.52. The van der Waals surface area contributed by atoms with Gasteiger partial charge in [0.1, 0.15) is 6.04 Å². The number of nitro benzene ring substituents is 2. The maximum absolute atomic E-state index is 12.2. The SMILES string of the molecule is N[C@@H](CCP(=O)(O)C(O)c1cc([N+](=O)[O-])cc([N+](=O)[O-])c1O)C(=O)O. The number of aromatic hydroxyl groups is 1. The molecule has 1 rings (SSSR count). The van der Waals surface area contributed by atoms with Gasteiger partial charge in [-0.05, 0) is 6.42 Å². The van der Waals surface area contributed by atoms with Crippen molar-refractivity contribution in [2.45, 2.75) is 18.3 Å². The van der Waals surface area contributed by atoms with Crippen molar-refractivity contribution in [2.75, 3.05) is 6.16 Å². The molecule has 0 bridgehead atoms. The summed E-state index contributed by atoms with van der Waals surface area (Å²) >= 11 is 0. The van der Waals surface area contributed by atoms with Gasteiger partial charge in [-0.15, -0.1) is 0 Å². The summed E-state index contributed by atoms with van der Waals surface area (Å²) in [5, 5.41) is 50.0. The van der Waals surface area contributed by atoms with Gasteiger partial charge in [0.25, 0.3) is 5.69 Å². The highest BCUT2D eigenvalue weighted by atomic mass is 31.2. The fourth-order valence-electron chi connectivity index (χ4n) is 1.85. The minimum absolute atomic E-state index is 0.425. The first kappa shape index (κ1) is 20.4. The molecular formula is C11H14N3O10P. The van der Waals surface area contributed by atoms with Crippen molar-refractivity contribution in [3.63, 3.8) is 0 Å². The van der Waals surface area contributed by atoms with Gasteiger partial charge < -0.3 is 25.9 Å². The number of non-ortho nitro benzene ring substituents is 1. The Labute approximate surface area is 139 Å². The van der Waals surface area contributed by atoms with E-state index >= 15 is 0 Å². The lowest BCUT2D eigenvalue weighted by Gasteiger charge is -2.20. The van der Waals surface area contributed by atoms with Crippen molar-refractivity contribution >= 4 is 24.7 Å². The Morgan fingerprint density at radius 2 is 1.84 bits per heavy atom. The summed E-state index contributed by atoms with van der Waals surface area (Å²) in [5.74, 6) is -5.07. The Balaban J connectivity index is 3.29. The van der Waals surface area contributed by atoms with Gasteiger partial charge in [0.2, 0.25) is 13.1 Å². The molecule has 0 aliphatic heterocycles. The number of hydrogen-bond donors (Lipinski definition) is 5. The van der Waals surface area contributed by atoms with Gasteiger partial charge in [0.05, 0.1) is 15.9 Å². The average molecular weight is 379 g/mol. The predicted octanol–water partition coefficient (Wildman–Crippen LogP) is 0.272. The Hall–Kier alpha value is -2.60. The average Bonchev–Trinajstić information content (AvgIpc) is 2.51. The van der Waals surface area contributed by atoms with Crippen LogP contribution in [-0.2, 0) is 9.36 Å². The number of nitro groups is 2. The number of phenolic OH excluding ortho intramolecular Hbond substituents is 1. The summed E-state index contributed by atoms with van der Waals surface area (Å²) in [6, 6.07) is -0.554. The number of carboxylic acids is 1. The van der Waals surface area contributed by atoms with Crippen molar-refractivity contribution in [1.29, 1.82) is 0 Å². The molecule has 0 fully saturated rings. The monoisotopic (exact) mass is 379 g/mol. The third-order valence-corrected chi connectivity index (χ3v) is 5.19. The van der Waals surface area contributed by atoms with Crippen LogP contribution in [0.25, 0.3) is 0 Å². The van der Waals surface area contributed by atoms with E-state index in [0.29, 0.717) is 12.1 Å². The van der Waals surface area contributed by atoms with E-state index in [4.69, 9.17) is 10.8 Å². The molecule has 25 heavy (non-hydrogen) atoms. The normalized spacial score (nSPS) is 15.8. The van der Waals surface area contributed by atoms with Crippen LogP contribution >= 0.6 is 7.37 Å². The van der Waals surface area contributed by atoms with E-state index in [1.807, 2.05) is 0 Å². The standard InChI is InChI=1S/C11H14N3O10P/c12-7(10(16)17)1-2-25(23,24)11(18)6-3-5(13(19)20)4-8(9(6)15)14(21)22/h3-4,7,11,15,18H,1-2,12H2,(H,16,17)(H,23,24)/t7-,11?/m0/s1.